The predicted octanol–water partition coefficient (Wildman–Crippen LogP) is 3.91. The summed E-state index contributed by atoms with van der Waals surface area (Å²) in [6, 6.07) is 1.63. The van der Waals surface area contributed by atoms with Gasteiger partial charge in [-0.2, -0.15) is 0 Å². The van der Waals surface area contributed by atoms with Gasteiger partial charge in [-0.15, -0.1) is 0 Å². The van der Waals surface area contributed by atoms with Crippen LogP contribution < -0.4 is 5.32 Å². The fourth-order valence-electron chi connectivity index (χ4n) is 4.74. The van der Waals surface area contributed by atoms with Crippen LogP contribution in [-0.2, 0) is 0 Å². The van der Waals surface area contributed by atoms with E-state index in [4.69, 9.17) is 0 Å². The Bertz CT molecular complexity index is 318. The lowest BCUT2D eigenvalue weighted by molar-refractivity contribution is 0.0502. The second kappa shape index (κ2) is 7.00. The van der Waals surface area contributed by atoms with Gasteiger partial charge in [-0.05, 0) is 68.7 Å². The third-order valence-electron chi connectivity index (χ3n) is 6.26. The minimum atomic E-state index is 0.772. The summed E-state index contributed by atoms with van der Waals surface area (Å²) in [7, 11) is 0. The molecule has 4 atom stereocenters. The molecule has 1 N–H and O–H groups in total. The van der Waals surface area contributed by atoms with E-state index in [1.54, 1.807) is 0 Å². The molecule has 2 nitrogen and oxygen atoms in total. The highest BCUT2D eigenvalue weighted by atomic mass is 15.2. The topological polar surface area (TPSA) is 15.3 Å². The number of nitrogens with one attached hydrogen (secondary N) is 1. The third kappa shape index (κ3) is 4.22. The zero-order valence-corrected chi connectivity index (χ0v) is 14.5. The summed E-state index contributed by atoms with van der Waals surface area (Å²) in [6.45, 7) is 11.3. The second-order valence-corrected chi connectivity index (χ2v) is 8.58. The zero-order valence-electron chi connectivity index (χ0n) is 14.5. The van der Waals surface area contributed by atoms with Crippen LogP contribution in [-0.4, -0.2) is 36.6 Å². The van der Waals surface area contributed by atoms with Crippen LogP contribution in [0.5, 0.6) is 0 Å². The number of nitrogens with zero attached hydrogens (tertiary/aromatic N) is 1. The molecule has 3 aliphatic rings. The van der Waals surface area contributed by atoms with Crippen LogP contribution >= 0.6 is 0 Å². The second-order valence-electron chi connectivity index (χ2n) is 8.58. The summed E-state index contributed by atoms with van der Waals surface area (Å²) >= 11 is 0. The summed E-state index contributed by atoms with van der Waals surface area (Å²) in [6.07, 6.45) is 10.1. The lowest BCUT2D eigenvalue weighted by Crippen LogP contribution is -2.50. The summed E-state index contributed by atoms with van der Waals surface area (Å²) < 4.78 is 0. The van der Waals surface area contributed by atoms with Crippen molar-refractivity contribution in [2.24, 2.45) is 23.7 Å². The maximum absolute atomic E-state index is 3.73. The first-order valence-corrected chi connectivity index (χ1v) is 9.61. The van der Waals surface area contributed by atoms with Crippen LogP contribution in [0.15, 0.2) is 0 Å². The van der Waals surface area contributed by atoms with E-state index >= 15 is 0 Å². The molecule has 0 bridgehead atoms. The molecule has 3 rings (SSSR count). The molecule has 0 spiro atoms. The molecular formula is C19H36N2. The average Bonchev–Trinajstić information content (AvgIpc) is 3.11. The van der Waals surface area contributed by atoms with Gasteiger partial charge in [0.2, 0.25) is 0 Å². The van der Waals surface area contributed by atoms with Crippen molar-refractivity contribution in [2.75, 3.05) is 19.6 Å². The molecule has 1 saturated heterocycles. The smallest absolute Gasteiger partial charge is 0.0195 e. The van der Waals surface area contributed by atoms with Gasteiger partial charge in [0.15, 0.2) is 0 Å². The highest BCUT2D eigenvalue weighted by Gasteiger charge is 2.37. The Morgan fingerprint density at radius 2 is 1.86 bits per heavy atom. The van der Waals surface area contributed by atoms with Crippen LogP contribution in [0.25, 0.3) is 0 Å². The Labute approximate surface area is 132 Å². The lowest BCUT2D eigenvalue weighted by atomic mass is 9.73. The number of rotatable bonds is 6. The van der Waals surface area contributed by atoms with Gasteiger partial charge in [0, 0.05) is 25.2 Å². The van der Waals surface area contributed by atoms with Crippen molar-refractivity contribution in [1.29, 1.82) is 0 Å². The highest BCUT2D eigenvalue weighted by Crippen LogP contribution is 2.39. The molecular weight excluding hydrogens is 256 g/mol. The minimum absolute atomic E-state index is 0.772. The van der Waals surface area contributed by atoms with E-state index in [1.165, 1.54) is 64.6 Å². The Morgan fingerprint density at radius 1 is 1.05 bits per heavy atom. The molecule has 0 aromatic carbocycles. The van der Waals surface area contributed by atoms with Gasteiger partial charge >= 0.3 is 0 Å². The third-order valence-corrected chi connectivity index (χ3v) is 6.26. The van der Waals surface area contributed by atoms with Crippen LogP contribution in [0.1, 0.15) is 65.7 Å². The van der Waals surface area contributed by atoms with Crippen LogP contribution in [0, 0.1) is 23.7 Å². The van der Waals surface area contributed by atoms with Gasteiger partial charge in [-0.3, -0.25) is 4.90 Å². The summed E-state index contributed by atoms with van der Waals surface area (Å²) in [5, 5.41) is 3.73. The van der Waals surface area contributed by atoms with E-state index < -0.39 is 0 Å². The molecule has 2 saturated carbocycles. The van der Waals surface area contributed by atoms with Crippen LogP contribution in [0.2, 0.25) is 0 Å². The van der Waals surface area contributed by atoms with Gasteiger partial charge < -0.3 is 5.32 Å². The molecule has 4 unspecified atom stereocenters. The molecule has 2 heteroatoms. The van der Waals surface area contributed by atoms with Gasteiger partial charge in [0.1, 0.15) is 0 Å². The molecule has 0 amide bonds. The zero-order chi connectivity index (χ0) is 14.8. The average molecular weight is 293 g/mol. The van der Waals surface area contributed by atoms with Crippen LogP contribution in [0.3, 0.4) is 0 Å². The highest BCUT2D eigenvalue weighted by molar-refractivity contribution is 4.92. The summed E-state index contributed by atoms with van der Waals surface area (Å²) in [5.74, 6) is 3.74. The minimum Gasteiger partial charge on any atom is -0.313 e. The SMILES string of the molecule is CC1CCC(C(C)C)C(N(CC2CC2)CC2CCCN2)C1. The quantitative estimate of drug-likeness (QED) is 0.798. The Balaban J connectivity index is 1.68. The van der Waals surface area contributed by atoms with Gasteiger partial charge in [0.05, 0.1) is 0 Å². The number of hydrogen-bond donors (Lipinski definition) is 1. The fourth-order valence-corrected chi connectivity index (χ4v) is 4.74. The Morgan fingerprint density at radius 3 is 2.48 bits per heavy atom. The molecule has 21 heavy (non-hydrogen) atoms. The van der Waals surface area contributed by atoms with Gasteiger partial charge in [-0.25, -0.2) is 0 Å². The van der Waals surface area contributed by atoms with Crippen molar-refractivity contribution in [2.45, 2.75) is 77.8 Å². The van der Waals surface area contributed by atoms with Crippen LogP contribution in [0.4, 0.5) is 0 Å². The van der Waals surface area contributed by atoms with Crippen molar-refractivity contribution in [3.63, 3.8) is 0 Å². The van der Waals surface area contributed by atoms with Crippen molar-refractivity contribution in [3.05, 3.63) is 0 Å². The number of hydrogen-bond acceptors (Lipinski definition) is 2. The molecule has 0 aromatic heterocycles. The van der Waals surface area contributed by atoms with E-state index in [2.05, 4.69) is 31.0 Å². The fraction of sp³-hybridized carbons (Fsp3) is 1.00. The van der Waals surface area contributed by atoms with E-state index in [0.29, 0.717) is 0 Å². The van der Waals surface area contributed by atoms with Gasteiger partial charge in [-0.1, -0.05) is 27.2 Å². The first-order valence-electron chi connectivity index (χ1n) is 9.61. The maximum Gasteiger partial charge on any atom is 0.0195 e. The summed E-state index contributed by atoms with van der Waals surface area (Å²) in [4.78, 5) is 2.93. The van der Waals surface area contributed by atoms with E-state index in [0.717, 1.165) is 35.8 Å². The van der Waals surface area contributed by atoms with Crippen molar-refractivity contribution in [1.82, 2.24) is 10.2 Å². The molecule has 0 aromatic rings. The van der Waals surface area contributed by atoms with E-state index in [9.17, 15) is 0 Å². The standard InChI is InChI=1S/C19H36N2/c1-14(2)18-9-6-15(3)11-19(18)21(12-16-7-8-16)13-17-5-4-10-20-17/h14-20H,4-13H2,1-3H3. The molecule has 1 heterocycles. The predicted molar refractivity (Wildman–Crippen MR) is 90.5 cm³/mol. The maximum atomic E-state index is 3.73. The molecule has 1 aliphatic heterocycles. The molecule has 2 aliphatic carbocycles. The van der Waals surface area contributed by atoms with E-state index in [-0.39, 0.29) is 0 Å². The molecule has 122 valence electrons. The van der Waals surface area contributed by atoms with Crippen molar-refractivity contribution in [3.8, 4) is 0 Å². The lowest BCUT2D eigenvalue weighted by Gasteiger charge is -2.45. The summed E-state index contributed by atoms with van der Waals surface area (Å²) in [5.41, 5.74) is 0. The molecule has 3 fully saturated rings. The first-order chi connectivity index (χ1) is 10.1. The Hall–Kier alpha value is -0.0800. The largest absolute Gasteiger partial charge is 0.313 e. The first kappa shape index (κ1) is 15.8. The Kier molecular flexibility index (Phi) is 5.27. The van der Waals surface area contributed by atoms with Crippen molar-refractivity contribution < 1.29 is 0 Å². The molecule has 0 radical (unpaired) electrons. The van der Waals surface area contributed by atoms with Gasteiger partial charge in [0.25, 0.3) is 0 Å². The van der Waals surface area contributed by atoms with E-state index in [1.807, 2.05) is 0 Å². The normalized spacial score (nSPS) is 37.6. The van der Waals surface area contributed by atoms with Crippen molar-refractivity contribution >= 4 is 0 Å². The monoisotopic (exact) mass is 292 g/mol.